The Morgan fingerprint density at radius 3 is 2.46 bits per heavy atom. The molecule has 1 heterocycles. The zero-order valence-corrected chi connectivity index (χ0v) is 15.0. The highest BCUT2D eigenvalue weighted by Gasteiger charge is 2.42. The Hall–Kier alpha value is -1.59. The third-order valence-electron chi connectivity index (χ3n) is 5.12. The molecule has 2 rings (SSSR count). The molecule has 130 valence electrons. The fraction of sp³-hybridized carbons (Fsp3) is 0.526. The summed E-state index contributed by atoms with van der Waals surface area (Å²) in [5.41, 5.74) is 1.53. The second kappa shape index (κ2) is 7.54. The summed E-state index contributed by atoms with van der Waals surface area (Å²) in [7, 11) is -0.408. The summed E-state index contributed by atoms with van der Waals surface area (Å²) in [6.45, 7) is 9.42. The highest BCUT2D eigenvalue weighted by molar-refractivity contribution is 6.61. The van der Waals surface area contributed by atoms with Crippen molar-refractivity contribution >= 4 is 24.6 Å². The Kier molecular flexibility index (Phi) is 5.89. The van der Waals surface area contributed by atoms with Crippen LogP contribution in [0.25, 0.3) is 6.08 Å². The van der Waals surface area contributed by atoms with Gasteiger partial charge in [-0.15, -0.1) is 0 Å². The van der Waals surface area contributed by atoms with Gasteiger partial charge in [0.15, 0.2) is 0 Å². The van der Waals surface area contributed by atoms with Gasteiger partial charge in [0.2, 0.25) is 0 Å². The van der Waals surface area contributed by atoms with Crippen LogP contribution in [-0.2, 0) is 14.1 Å². The minimum absolute atomic E-state index is 0.0586. The predicted octanol–water partition coefficient (Wildman–Crippen LogP) is 3.50. The van der Waals surface area contributed by atoms with E-state index in [2.05, 4.69) is 27.7 Å². The van der Waals surface area contributed by atoms with Crippen molar-refractivity contribution in [3.05, 3.63) is 35.9 Å². The Labute approximate surface area is 145 Å². The first-order valence-electron chi connectivity index (χ1n) is 8.52. The van der Waals surface area contributed by atoms with E-state index in [0.29, 0.717) is 6.61 Å². The molecule has 1 aromatic carbocycles. The Bertz CT molecular complexity index is 590. The molecule has 0 radical (unpaired) electrons. The number of carboxylic acid groups (broad SMARTS) is 1. The fourth-order valence-corrected chi connectivity index (χ4v) is 2.72. The zero-order valence-electron chi connectivity index (χ0n) is 15.0. The number of aliphatic carboxylic acids is 1. The van der Waals surface area contributed by atoms with Crippen molar-refractivity contribution in [3.63, 3.8) is 0 Å². The lowest BCUT2D eigenvalue weighted by atomic mass is 9.70. The second-order valence-corrected chi connectivity index (χ2v) is 7.51. The molecule has 0 aromatic heterocycles. The highest BCUT2D eigenvalue weighted by Crippen LogP contribution is 2.39. The minimum atomic E-state index is -0.953. The van der Waals surface area contributed by atoms with Crippen LogP contribution in [0.1, 0.15) is 52.5 Å². The van der Waals surface area contributed by atoms with Gasteiger partial charge in [-0.25, -0.2) is 4.79 Å². The smallest absolute Gasteiger partial charge is 0.478 e. The van der Waals surface area contributed by atoms with Crippen LogP contribution in [-0.4, -0.2) is 30.4 Å². The first kappa shape index (κ1) is 18.7. The van der Waals surface area contributed by atoms with Gasteiger partial charge in [-0.2, -0.15) is 0 Å². The maximum Gasteiger partial charge on any atom is 0.494 e. The van der Waals surface area contributed by atoms with Gasteiger partial charge in [0.05, 0.1) is 5.60 Å². The number of rotatable bonds is 3. The Morgan fingerprint density at radius 1 is 1.17 bits per heavy atom. The summed E-state index contributed by atoms with van der Waals surface area (Å²) in [6.07, 6.45) is 5.97. The Morgan fingerprint density at radius 2 is 1.83 bits per heavy atom. The minimum Gasteiger partial charge on any atom is -0.478 e. The van der Waals surface area contributed by atoms with Crippen molar-refractivity contribution < 1.29 is 19.2 Å². The molecule has 1 N–H and O–H groups in total. The third-order valence-corrected chi connectivity index (χ3v) is 5.12. The average molecular weight is 330 g/mol. The largest absolute Gasteiger partial charge is 0.494 e. The summed E-state index contributed by atoms with van der Waals surface area (Å²) in [4.78, 5) is 10.6. The molecular formula is C19H27BO4. The van der Waals surface area contributed by atoms with Crippen LogP contribution in [0.4, 0.5) is 0 Å². The van der Waals surface area contributed by atoms with Crippen LogP contribution in [0.3, 0.4) is 0 Å². The van der Waals surface area contributed by atoms with Crippen molar-refractivity contribution in [3.8, 4) is 0 Å². The van der Waals surface area contributed by atoms with E-state index in [9.17, 15) is 4.79 Å². The standard InChI is InChI=1S/C19H27BO4/c1-18(2)13-5-6-14-23-20(24-19(18,3)4)16-10-7-15(8-11-16)9-12-17(21)22/h7-12H,5-6,13-14H2,1-4H3,(H,21,22)/b12-9+. The van der Waals surface area contributed by atoms with Gasteiger partial charge in [-0.1, -0.05) is 44.5 Å². The molecule has 1 aromatic rings. The number of carboxylic acids is 1. The Balaban J connectivity index is 2.20. The van der Waals surface area contributed by atoms with Gasteiger partial charge in [-0.05, 0) is 49.2 Å². The monoisotopic (exact) mass is 330 g/mol. The molecule has 1 fully saturated rings. The first-order chi connectivity index (χ1) is 11.2. The molecule has 0 saturated carbocycles. The average Bonchev–Trinajstić information content (AvgIpc) is 2.55. The van der Waals surface area contributed by atoms with Crippen molar-refractivity contribution in [1.29, 1.82) is 0 Å². The van der Waals surface area contributed by atoms with Crippen LogP contribution in [0.2, 0.25) is 0 Å². The summed E-state index contributed by atoms with van der Waals surface area (Å²) < 4.78 is 12.3. The molecule has 24 heavy (non-hydrogen) atoms. The van der Waals surface area contributed by atoms with E-state index in [1.54, 1.807) is 6.08 Å². The summed E-state index contributed by atoms with van der Waals surface area (Å²) >= 11 is 0. The number of carbonyl (C=O) groups is 1. The SMILES string of the molecule is CC1(C)CCCCOB(c2ccc(/C=C/C(=O)O)cc2)OC1(C)C. The van der Waals surface area contributed by atoms with Gasteiger partial charge in [0.25, 0.3) is 0 Å². The van der Waals surface area contributed by atoms with Crippen LogP contribution < -0.4 is 5.46 Å². The summed E-state index contributed by atoms with van der Waals surface area (Å²) in [6, 6.07) is 7.64. The number of hydrogen-bond donors (Lipinski definition) is 1. The van der Waals surface area contributed by atoms with Gasteiger partial charge in [0.1, 0.15) is 0 Å². The van der Waals surface area contributed by atoms with Crippen molar-refractivity contribution in [2.75, 3.05) is 6.61 Å². The summed E-state index contributed by atoms with van der Waals surface area (Å²) in [5, 5.41) is 8.70. The lowest BCUT2D eigenvalue weighted by Crippen LogP contribution is -2.50. The van der Waals surface area contributed by atoms with E-state index in [1.807, 2.05) is 24.3 Å². The third kappa shape index (κ3) is 4.71. The molecule has 0 amide bonds. The van der Waals surface area contributed by atoms with Crippen LogP contribution >= 0.6 is 0 Å². The molecule has 0 spiro atoms. The maximum atomic E-state index is 10.6. The van der Waals surface area contributed by atoms with Gasteiger partial charge in [-0.3, -0.25) is 0 Å². The molecule has 0 aliphatic carbocycles. The normalized spacial score (nSPS) is 21.1. The van der Waals surface area contributed by atoms with Gasteiger partial charge >= 0.3 is 13.1 Å². The van der Waals surface area contributed by atoms with E-state index in [-0.39, 0.29) is 11.0 Å². The maximum absolute atomic E-state index is 10.6. The lowest BCUT2D eigenvalue weighted by Gasteiger charge is -2.42. The first-order valence-corrected chi connectivity index (χ1v) is 8.52. The fourth-order valence-electron chi connectivity index (χ4n) is 2.72. The molecule has 0 bridgehead atoms. The summed E-state index contributed by atoms with van der Waals surface area (Å²) in [5.74, 6) is -0.953. The van der Waals surface area contributed by atoms with E-state index in [4.69, 9.17) is 14.4 Å². The molecule has 1 aliphatic rings. The molecule has 0 atom stereocenters. The zero-order chi connectivity index (χ0) is 17.8. The number of hydrogen-bond acceptors (Lipinski definition) is 3. The predicted molar refractivity (Wildman–Crippen MR) is 97.2 cm³/mol. The molecular weight excluding hydrogens is 303 g/mol. The van der Waals surface area contributed by atoms with Crippen molar-refractivity contribution in [2.24, 2.45) is 5.41 Å². The van der Waals surface area contributed by atoms with Crippen LogP contribution in [0.5, 0.6) is 0 Å². The van der Waals surface area contributed by atoms with Crippen molar-refractivity contribution in [2.45, 2.75) is 52.6 Å². The van der Waals surface area contributed by atoms with Crippen molar-refractivity contribution in [1.82, 2.24) is 0 Å². The lowest BCUT2D eigenvalue weighted by molar-refractivity contribution is -0.131. The van der Waals surface area contributed by atoms with Crippen LogP contribution in [0.15, 0.2) is 30.3 Å². The molecule has 0 unspecified atom stereocenters. The molecule has 5 heteroatoms. The van der Waals surface area contributed by atoms with E-state index in [0.717, 1.165) is 36.4 Å². The molecule has 4 nitrogen and oxygen atoms in total. The highest BCUT2D eigenvalue weighted by atomic mass is 16.6. The topological polar surface area (TPSA) is 55.8 Å². The van der Waals surface area contributed by atoms with Crippen LogP contribution in [0, 0.1) is 5.41 Å². The molecule has 1 saturated heterocycles. The van der Waals surface area contributed by atoms with E-state index < -0.39 is 13.1 Å². The van der Waals surface area contributed by atoms with E-state index in [1.165, 1.54) is 0 Å². The number of benzene rings is 1. The quantitative estimate of drug-likeness (QED) is 0.681. The van der Waals surface area contributed by atoms with E-state index >= 15 is 0 Å². The van der Waals surface area contributed by atoms with Gasteiger partial charge < -0.3 is 14.4 Å². The molecule has 1 aliphatic heterocycles. The second-order valence-electron chi connectivity index (χ2n) is 7.51. The van der Waals surface area contributed by atoms with Gasteiger partial charge in [0, 0.05) is 12.7 Å².